The average Bonchev–Trinajstić information content (AvgIpc) is 3.51. The van der Waals surface area contributed by atoms with Crippen LogP contribution in [0.5, 0.6) is 0 Å². The van der Waals surface area contributed by atoms with Crippen LogP contribution in [0.2, 0.25) is 0 Å². The zero-order valence-electron chi connectivity index (χ0n) is 24.7. The molecule has 3 aromatic carbocycles. The first-order chi connectivity index (χ1) is 20.4. The first kappa shape index (κ1) is 28.3. The van der Waals surface area contributed by atoms with Crippen LogP contribution >= 0.6 is 0 Å². The second kappa shape index (κ2) is 12.2. The van der Waals surface area contributed by atoms with Gasteiger partial charge >= 0.3 is 0 Å². The van der Waals surface area contributed by atoms with E-state index in [1.54, 1.807) is 24.0 Å². The van der Waals surface area contributed by atoms with Crippen molar-refractivity contribution < 1.29 is 14.0 Å². The van der Waals surface area contributed by atoms with Gasteiger partial charge in [-0.25, -0.2) is 4.39 Å². The highest BCUT2D eigenvalue weighted by molar-refractivity contribution is 5.98. The molecule has 0 bridgehead atoms. The standard InChI is InChI=1S/C35H41FN4O2/c1-23-13-16-28(22-31(23)39-19-3-4-20-39)38-34(41)29-11-7-21-40(35(42)32-24(2)8-5-12-30(32)36)33(29)25-14-17-27(18-15-25)37-26-9-6-10-26/h5,8,12-18,22,26,29,33,37H,3-4,6-7,9-11,19-21H2,1-2H3,(H,38,41). The van der Waals surface area contributed by atoms with Gasteiger partial charge in [-0.2, -0.15) is 0 Å². The fourth-order valence-electron chi connectivity index (χ4n) is 6.74. The largest absolute Gasteiger partial charge is 0.382 e. The molecule has 42 heavy (non-hydrogen) atoms. The number of rotatable bonds is 7. The van der Waals surface area contributed by atoms with Gasteiger partial charge in [-0.1, -0.05) is 30.3 Å². The van der Waals surface area contributed by atoms with Crippen molar-refractivity contribution in [2.45, 2.75) is 70.9 Å². The summed E-state index contributed by atoms with van der Waals surface area (Å²) in [6.07, 6.45) is 7.28. The van der Waals surface area contributed by atoms with Crippen LogP contribution in [-0.2, 0) is 4.79 Å². The van der Waals surface area contributed by atoms with Crippen molar-refractivity contribution in [3.8, 4) is 0 Å². The molecule has 2 aliphatic heterocycles. The highest BCUT2D eigenvalue weighted by atomic mass is 19.1. The van der Waals surface area contributed by atoms with Crippen LogP contribution in [0.4, 0.5) is 21.5 Å². The SMILES string of the molecule is Cc1ccc(NC(=O)C2CCCN(C(=O)c3c(C)cccc3F)C2c2ccc(NC3CCC3)cc2)cc1N1CCCC1. The molecule has 2 unspecified atom stereocenters. The molecular formula is C35H41FN4O2. The number of likely N-dealkylation sites (tertiary alicyclic amines) is 1. The molecule has 6 nitrogen and oxygen atoms in total. The monoisotopic (exact) mass is 568 g/mol. The predicted molar refractivity (Wildman–Crippen MR) is 167 cm³/mol. The molecule has 3 aliphatic rings. The van der Waals surface area contributed by atoms with E-state index in [1.807, 2.05) is 30.3 Å². The average molecular weight is 569 g/mol. The number of aryl methyl sites for hydroxylation is 2. The highest BCUT2D eigenvalue weighted by Crippen LogP contribution is 2.39. The Morgan fingerprint density at radius 2 is 1.55 bits per heavy atom. The maximum atomic E-state index is 15.0. The second-order valence-corrected chi connectivity index (χ2v) is 12.2. The zero-order chi connectivity index (χ0) is 29.2. The van der Waals surface area contributed by atoms with E-state index in [-0.39, 0.29) is 17.4 Å². The molecule has 2 atom stereocenters. The van der Waals surface area contributed by atoms with Gasteiger partial charge < -0.3 is 20.4 Å². The minimum absolute atomic E-state index is 0.0839. The van der Waals surface area contributed by atoms with Gasteiger partial charge in [0.2, 0.25) is 5.91 Å². The Hall–Kier alpha value is -3.87. The molecule has 2 amide bonds. The number of carbonyl (C=O) groups excluding carboxylic acids is 2. The molecule has 0 radical (unpaired) electrons. The highest BCUT2D eigenvalue weighted by Gasteiger charge is 2.40. The maximum Gasteiger partial charge on any atom is 0.257 e. The van der Waals surface area contributed by atoms with Gasteiger partial charge in [0.1, 0.15) is 5.82 Å². The van der Waals surface area contributed by atoms with E-state index >= 15 is 4.39 Å². The Morgan fingerprint density at radius 1 is 0.810 bits per heavy atom. The van der Waals surface area contributed by atoms with E-state index in [9.17, 15) is 9.59 Å². The number of hydrogen-bond donors (Lipinski definition) is 2. The number of benzene rings is 3. The van der Waals surface area contributed by atoms with Gasteiger partial charge in [-0.15, -0.1) is 0 Å². The van der Waals surface area contributed by atoms with Crippen LogP contribution in [0.3, 0.4) is 0 Å². The smallest absolute Gasteiger partial charge is 0.257 e. The summed E-state index contributed by atoms with van der Waals surface area (Å²) in [4.78, 5) is 32.1. The molecule has 1 aliphatic carbocycles. The first-order valence-corrected chi connectivity index (χ1v) is 15.5. The third-order valence-electron chi connectivity index (χ3n) is 9.32. The Kier molecular flexibility index (Phi) is 8.18. The Morgan fingerprint density at radius 3 is 2.24 bits per heavy atom. The van der Waals surface area contributed by atoms with Crippen LogP contribution in [-0.4, -0.2) is 42.4 Å². The van der Waals surface area contributed by atoms with Crippen LogP contribution < -0.4 is 15.5 Å². The van der Waals surface area contributed by atoms with E-state index in [0.29, 0.717) is 31.0 Å². The van der Waals surface area contributed by atoms with Gasteiger partial charge in [0, 0.05) is 42.7 Å². The quantitative estimate of drug-likeness (QED) is 0.315. The lowest BCUT2D eigenvalue weighted by atomic mass is 9.83. The summed E-state index contributed by atoms with van der Waals surface area (Å²) in [6.45, 7) is 6.39. The summed E-state index contributed by atoms with van der Waals surface area (Å²) >= 11 is 0. The summed E-state index contributed by atoms with van der Waals surface area (Å²) in [7, 11) is 0. The van der Waals surface area contributed by atoms with Crippen LogP contribution in [0.25, 0.3) is 0 Å². The predicted octanol–water partition coefficient (Wildman–Crippen LogP) is 7.24. The molecule has 7 heteroatoms. The molecule has 220 valence electrons. The summed E-state index contributed by atoms with van der Waals surface area (Å²) < 4.78 is 15.0. The normalized spacial score (nSPS) is 20.7. The zero-order valence-corrected chi connectivity index (χ0v) is 24.7. The summed E-state index contributed by atoms with van der Waals surface area (Å²) in [6, 6.07) is 18.9. The molecule has 1 saturated carbocycles. The molecule has 3 fully saturated rings. The van der Waals surface area contributed by atoms with Gasteiger partial charge in [0.15, 0.2) is 0 Å². The van der Waals surface area contributed by atoms with Crippen molar-refractivity contribution in [1.82, 2.24) is 4.90 Å². The van der Waals surface area contributed by atoms with Crippen molar-refractivity contribution in [2.75, 3.05) is 35.2 Å². The molecule has 6 rings (SSSR count). The van der Waals surface area contributed by atoms with E-state index in [1.165, 1.54) is 43.7 Å². The van der Waals surface area contributed by atoms with Gasteiger partial charge in [0.05, 0.1) is 17.5 Å². The Bertz CT molecular complexity index is 1430. The number of piperidine rings is 1. The second-order valence-electron chi connectivity index (χ2n) is 12.2. The fourth-order valence-corrected chi connectivity index (χ4v) is 6.74. The summed E-state index contributed by atoms with van der Waals surface area (Å²) in [5.74, 6) is -1.48. The number of nitrogens with one attached hydrogen (secondary N) is 2. The lowest BCUT2D eigenvalue weighted by Crippen LogP contribution is -2.46. The van der Waals surface area contributed by atoms with Crippen LogP contribution in [0.1, 0.15) is 78.0 Å². The van der Waals surface area contributed by atoms with Crippen molar-refractivity contribution in [2.24, 2.45) is 5.92 Å². The molecule has 2 heterocycles. The molecule has 0 spiro atoms. The van der Waals surface area contributed by atoms with Crippen LogP contribution in [0.15, 0.2) is 60.7 Å². The van der Waals surface area contributed by atoms with E-state index in [0.717, 1.165) is 35.7 Å². The van der Waals surface area contributed by atoms with Crippen molar-refractivity contribution in [1.29, 1.82) is 0 Å². The molecule has 3 aromatic rings. The molecular weight excluding hydrogens is 527 g/mol. The van der Waals surface area contributed by atoms with Crippen molar-refractivity contribution in [3.63, 3.8) is 0 Å². The lowest BCUT2D eigenvalue weighted by Gasteiger charge is -2.41. The number of amides is 2. The number of hydrogen-bond acceptors (Lipinski definition) is 4. The molecule has 2 N–H and O–H groups in total. The van der Waals surface area contributed by atoms with E-state index < -0.39 is 17.8 Å². The summed E-state index contributed by atoms with van der Waals surface area (Å²) in [5, 5.41) is 6.76. The lowest BCUT2D eigenvalue weighted by molar-refractivity contribution is -0.123. The van der Waals surface area contributed by atoms with Crippen LogP contribution in [0, 0.1) is 25.6 Å². The summed E-state index contributed by atoms with van der Waals surface area (Å²) in [5.41, 5.74) is 5.72. The first-order valence-electron chi connectivity index (χ1n) is 15.5. The van der Waals surface area contributed by atoms with E-state index in [4.69, 9.17) is 0 Å². The third kappa shape index (κ3) is 5.74. The molecule has 0 aromatic heterocycles. The molecule has 2 saturated heterocycles. The third-order valence-corrected chi connectivity index (χ3v) is 9.32. The topological polar surface area (TPSA) is 64.7 Å². The minimum Gasteiger partial charge on any atom is -0.382 e. The van der Waals surface area contributed by atoms with E-state index in [2.05, 4.69) is 34.6 Å². The Labute approximate surface area is 248 Å². The number of carbonyl (C=O) groups is 2. The Balaban J connectivity index is 1.31. The van der Waals surface area contributed by atoms with Crippen molar-refractivity contribution in [3.05, 3.63) is 88.7 Å². The van der Waals surface area contributed by atoms with Crippen molar-refractivity contribution >= 4 is 28.9 Å². The van der Waals surface area contributed by atoms with Gasteiger partial charge in [-0.3, -0.25) is 9.59 Å². The number of anilines is 3. The van der Waals surface area contributed by atoms with Gasteiger partial charge in [0.25, 0.3) is 5.91 Å². The number of nitrogens with zero attached hydrogens (tertiary/aromatic N) is 2. The fraction of sp³-hybridized carbons (Fsp3) is 0.429. The van der Waals surface area contributed by atoms with Gasteiger partial charge in [-0.05, 0) is 106 Å². The minimum atomic E-state index is -0.528. The number of halogens is 1. The maximum absolute atomic E-state index is 15.0.